The van der Waals surface area contributed by atoms with Crippen LogP contribution in [0.15, 0.2) is 0 Å². The molecule has 0 radical (unpaired) electrons. The molecule has 0 amide bonds. The number of nitrogens with one attached hydrogen (secondary N) is 1. The summed E-state index contributed by atoms with van der Waals surface area (Å²) < 4.78 is 11.1. The smallest absolute Gasteiger partial charge is 0.0359 e. The monoisotopic (exact) mass is 232 g/mol. The number of hydrogen-bond acceptors (Lipinski definition) is 3. The molecule has 1 aliphatic rings. The second-order valence-corrected chi connectivity index (χ2v) is 6.46. The maximum Gasteiger partial charge on any atom is 0.0359 e. The van der Waals surface area contributed by atoms with Crippen LogP contribution in [0.4, 0.5) is 0 Å². The fraction of sp³-hybridized carbons (Fsp3) is 1.00. The van der Waals surface area contributed by atoms with Crippen molar-refractivity contribution in [3.05, 3.63) is 0 Å². The highest BCUT2D eigenvalue weighted by atomic mass is 32.2. The lowest BCUT2D eigenvalue weighted by molar-refractivity contribution is 0.195. The van der Waals surface area contributed by atoms with E-state index < -0.39 is 10.8 Å². The molecule has 1 N–H and O–H groups in total. The van der Waals surface area contributed by atoms with Gasteiger partial charge in [0.2, 0.25) is 0 Å². The van der Waals surface area contributed by atoms with Crippen molar-refractivity contribution in [3.8, 4) is 0 Å². The van der Waals surface area contributed by atoms with Gasteiger partial charge < -0.3 is 10.2 Å². The lowest BCUT2D eigenvalue weighted by Crippen LogP contribution is -2.43. The summed E-state index contributed by atoms with van der Waals surface area (Å²) in [4.78, 5) is 2.47. The average Bonchev–Trinajstić information content (AvgIpc) is 2.11. The molecule has 1 saturated heterocycles. The summed E-state index contributed by atoms with van der Waals surface area (Å²) in [6.45, 7) is 10.0. The highest BCUT2D eigenvalue weighted by Gasteiger charge is 2.16. The highest BCUT2D eigenvalue weighted by Crippen LogP contribution is 2.07. The van der Waals surface area contributed by atoms with Crippen molar-refractivity contribution >= 4 is 10.8 Å². The molecule has 1 heterocycles. The molecule has 15 heavy (non-hydrogen) atoms. The van der Waals surface area contributed by atoms with E-state index in [0.717, 1.165) is 38.5 Å². The van der Waals surface area contributed by atoms with Crippen molar-refractivity contribution in [3.63, 3.8) is 0 Å². The third-order valence-electron chi connectivity index (χ3n) is 2.82. The second kappa shape index (κ2) is 6.61. The minimum absolute atomic E-state index is 0.657. The van der Waals surface area contributed by atoms with E-state index in [4.69, 9.17) is 0 Å². The lowest BCUT2D eigenvalue weighted by atomic mass is 10.1. The van der Waals surface area contributed by atoms with Crippen molar-refractivity contribution in [2.24, 2.45) is 11.8 Å². The Morgan fingerprint density at radius 3 is 2.27 bits per heavy atom. The summed E-state index contributed by atoms with van der Waals surface area (Å²) in [6.07, 6.45) is 1.79. The maximum atomic E-state index is 11.1. The van der Waals surface area contributed by atoms with Gasteiger partial charge in [-0.25, -0.2) is 0 Å². The first-order valence-electron chi connectivity index (χ1n) is 5.81. The van der Waals surface area contributed by atoms with Crippen LogP contribution in [-0.2, 0) is 10.8 Å². The standard InChI is InChI=1S/C11H24N2OS/c1-10-6-12-7-11(2)9-13(8-10)4-5-15(3)14/h10-12H,4-9H2,1-3H3. The fourth-order valence-electron chi connectivity index (χ4n) is 2.10. The van der Waals surface area contributed by atoms with Crippen LogP contribution in [-0.4, -0.2) is 53.8 Å². The maximum absolute atomic E-state index is 11.1. The molecule has 90 valence electrons. The number of rotatable bonds is 3. The van der Waals surface area contributed by atoms with Gasteiger partial charge in [0.1, 0.15) is 0 Å². The van der Waals surface area contributed by atoms with Crippen LogP contribution in [0.3, 0.4) is 0 Å². The number of nitrogens with zero attached hydrogens (tertiary/aromatic N) is 1. The first kappa shape index (κ1) is 13.1. The molecular formula is C11H24N2OS. The predicted molar refractivity (Wildman–Crippen MR) is 66.6 cm³/mol. The van der Waals surface area contributed by atoms with Crippen LogP contribution in [0.2, 0.25) is 0 Å². The highest BCUT2D eigenvalue weighted by molar-refractivity contribution is 7.84. The third kappa shape index (κ3) is 5.64. The van der Waals surface area contributed by atoms with Gasteiger partial charge >= 0.3 is 0 Å². The van der Waals surface area contributed by atoms with Gasteiger partial charge in [0, 0.05) is 42.4 Å². The van der Waals surface area contributed by atoms with Gasteiger partial charge in [-0.2, -0.15) is 0 Å². The van der Waals surface area contributed by atoms with Crippen molar-refractivity contribution in [1.82, 2.24) is 10.2 Å². The number of hydrogen-bond donors (Lipinski definition) is 1. The van der Waals surface area contributed by atoms with Gasteiger partial charge in [0.15, 0.2) is 0 Å². The molecule has 0 aromatic heterocycles. The van der Waals surface area contributed by atoms with E-state index in [1.165, 1.54) is 0 Å². The molecular weight excluding hydrogens is 208 g/mol. The first-order chi connectivity index (χ1) is 7.08. The van der Waals surface area contributed by atoms with E-state index in [1.807, 2.05) is 0 Å². The molecule has 0 bridgehead atoms. The normalized spacial score (nSPS) is 31.9. The van der Waals surface area contributed by atoms with Crippen LogP contribution in [0.5, 0.6) is 0 Å². The van der Waals surface area contributed by atoms with E-state index in [-0.39, 0.29) is 0 Å². The van der Waals surface area contributed by atoms with Gasteiger partial charge in [0.05, 0.1) is 0 Å². The van der Waals surface area contributed by atoms with Gasteiger partial charge in [-0.3, -0.25) is 4.21 Å². The molecule has 0 aromatic carbocycles. The molecule has 1 aliphatic heterocycles. The Kier molecular flexibility index (Phi) is 5.79. The Hall–Kier alpha value is 0.0700. The van der Waals surface area contributed by atoms with Crippen molar-refractivity contribution in [1.29, 1.82) is 0 Å². The molecule has 3 nitrogen and oxygen atoms in total. The Balaban J connectivity index is 2.39. The van der Waals surface area contributed by atoms with Gasteiger partial charge in [0.25, 0.3) is 0 Å². The molecule has 3 unspecified atom stereocenters. The van der Waals surface area contributed by atoms with E-state index in [2.05, 4.69) is 24.1 Å². The van der Waals surface area contributed by atoms with Crippen LogP contribution >= 0.6 is 0 Å². The quantitative estimate of drug-likeness (QED) is 0.771. The molecule has 0 aromatic rings. The predicted octanol–water partition coefficient (Wildman–Crippen LogP) is 0.542. The summed E-state index contributed by atoms with van der Waals surface area (Å²) in [5.74, 6) is 2.21. The zero-order valence-corrected chi connectivity index (χ0v) is 11.0. The zero-order chi connectivity index (χ0) is 11.3. The average molecular weight is 232 g/mol. The second-order valence-electron chi connectivity index (χ2n) is 4.91. The van der Waals surface area contributed by atoms with Gasteiger partial charge in [-0.15, -0.1) is 0 Å². The summed E-state index contributed by atoms with van der Waals surface area (Å²) in [7, 11) is -0.657. The summed E-state index contributed by atoms with van der Waals surface area (Å²) in [6, 6.07) is 0. The van der Waals surface area contributed by atoms with E-state index >= 15 is 0 Å². The summed E-state index contributed by atoms with van der Waals surface area (Å²) >= 11 is 0. The van der Waals surface area contributed by atoms with Gasteiger partial charge in [-0.1, -0.05) is 13.8 Å². The van der Waals surface area contributed by atoms with E-state index in [0.29, 0.717) is 11.8 Å². The molecule has 1 fully saturated rings. The molecule has 0 spiro atoms. The SMILES string of the molecule is CC1CNCC(C)CN(CCS(C)=O)C1. The largest absolute Gasteiger partial charge is 0.316 e. The Labute approximate surface area is 96.1 Å². The third-order valence-corrected chi connectivity index (χ3v) is 3.58. The minimum Gasteiger partial charge on any atom is -0.316 e. The Morgan fingerprint density at radius 2 is 1.80 bits per heavy atom. The topological polar surface area (TPSA) is 32.3 Å². The summed E-state index contributed by atoms with van der Waals surface area (Å²) in [5.41, 5.74) is 0. The molecule has 0 saturated carbocycles. The van der Waals surface area contributed by atoms with Crippen LogP contribution in [0.1, 0.15) is 13.8 Å². The van der Waals surface area contributed by atoms with Crippen molar-refractivity contribution < 1.29 is 4.21 Å². The summed E-state index contributed by atoms with van der Waals surface area (Å²) in [5, 5.41) is 3.49. The van der Waals surface area contributed by atoms with E-state index in [9.17, 15) is 4.21 Å². The van der Waals surface area contributed by atoms with E-state index in [1.54, 1.807) is 6.26 Å². The van der Waals surface area contributed by atoms with Crippen LogP contribution in [0, 0.1) is 11.8 Å². The Bertz CT molecular complexity index is 199. The van der Waals surface area contributed by atoms with Gasteiger partial charge in [-0.05, 0) is 24.9 Å². The van der Waals surface area contributed by atoms with Crippen molar-refractivity contribution in [2.75, 3.05) is 44.7 Å². The fourth-order valence-corrected chi connectivity index (χ4v) is 2.62. The lowest BCUT2D eigenvalue weighted by Gasteiger charge is -2.31. The zero-order valence-electron chi connectivity index (χ0n) is 10.2. The Morgan fingerprint density at radius 1 is 1.27 bits per heavy atom. The first-order valence-corrected chi connectivity index (χ1v) is 7.53. The van der Waals surface area contributed by atoms with Crippen LogP contribution < -0.4 is 5.32 Å². The minimum atomic E-state index is -0.657. The molecule has 0 aliphatic carbocycles. The van der Waals surface area contributed by atoms with Crippen molar-refractivity contribution in [2.45, 2.75) is 13.8 Å². The molecule has 1 rings (SSSR count). The molecule has 3 atom stereocenters. The molecule has 4 heteroatoms. The van der Waals surface area contributed by atoms with Crippen LogP contribution in [0.25, 0.3) is 0 Å².